The Morgan fingerprint density at radius 3 is 2.44 bits per heavy atom. The molecule has 8 nitrogen and oxygen atoms in total. The Labute approximate surface area is 201 Å². The Morgan fingerprint density at radius 1 is 1.09 bits per heavy atom. The summed E-state index contributed by atoms with van der Waals surface area (Å²) in [6, 6.07) is 14.8. The maximum Gasteiger partial charge on any atom is 0.407 e. The Bertz CT molecular complexity index is 1060. The van der Waals surface area contributed by atoms with Crippen LogP contribution in [0.25, 0.3) is 11.1 Å². The fraction of sp³-hybridized carbons (Fsp3) is 0.400. The van der Waals surface area contributed by atoms with Crippen molar-refractivity contribution >= 4 is 29.7 Å². The number of ether oxygens (including phenoxy) is 2. The molecule has 2 aliphatic heterocycles. The van der Waals surface area contributed by atoms with Crippen molar-refractivity contribution in [1.82, 2.24) is 10.2 Å². The number of nitrogens with zero attached hydrogens (tertiary/aromatic N) is 1. The Morgan fingerprint density at radius 2 is 1.76 bits per heavy atom. The summed E-state index contributed by atoms with van der Waals surface area (Å²) in [5.41, 5.74) is 4.54. The number of amides is 2. The molecule has 0 saturated carbocycles. The van der Waals surface area contributed by atoms with Gasteiger partial charge in [0.05, 0.1) is 6.04 Å². The van der Waals surface area contributed by atoms with Gasteiger partial charge in [0.25, 0.3) is 5.91 Å². The minimum Gasteiger partial charge on any atom is -0.480 e. The number of alkyl carbamates (subject to hydrolysis) is 1. The van der Waals surface area contributed by atoms with Gasteiger partial charge in [-0.1, -0.05) is 48.5 Å². The zero-order valence-corrected chi connectivity index (χ0v) is 19.3. The number of fused-ring (bicyclic) bond motifs is 3. The van der Waals surface area contributed by atoms with Crippen LogP contribution < -0.4 is 5.32 Å². The Kier molecular flexibility index (Phi) is 6.47. The largest absolute Gasteiger partial charge is 0.480 e. The minimum atomic E-state index is -1.03. The molecule has 0 aromatic heterocycles. The fourth-order valence-corrected chi connectivity index (χ4v) is 6.05. The molecule has 3 unspecified atom stereocenters. The zero-order chi connectivity index (χ0) is 23.7. The average molecular weight is 483 g/mol. The van der Waals surface area contributed by atoms with Crippen LogP contribution in [0.4, 0.5) is 4.79 Å². The van der Waals surface area contributed by atoms with Crippen LogP contribution in [-0.4, -0.2) is 77.4 Å². The molecule has 5 rings (SSSR count). The number of carbonyl (C=O) groups is 3. The van der Waals surface area contributed by atoms with Crippen molar-refractivity contribution in [3.05, 3.63) is 59.7 Å². The second-order valence-corrected chi connectivity index (χ2v) is 9.77. The molecular formula is C25H26N2O6S. The van der Waals surface area contributed by atoms with Gasteiger partial charge < -0.3 is 24.8 Å². The summed E-state index contributed by atoms with van der Waals surface area (Å²) in [6.45, 7) is 0.833. The number of nitrogens with one attached hydrogen (secondary N) is 1. The number of carboxylic acid groups (broad SMARTS) is 1. The van der Waals surface area contributed by atoms with Crippen molar-refractivity contribution < 1.29 is 29.0 Å². The van der Waals surface area contributed by atoms with E-state index in [4.69, 9.17) is 9.47 Å². The first kappa shape index (κ1) is 22.7. The minimum absolute atomic E-state index is 0.0578. The van der Waals surface area contributed by atoms with Gasteiger partial charge in [-0.15, -0.1) is 0 Å². The topological polar surface area (TPSA) is 105 Å². The molecule has 0 radical (unpaired) electrons. The highest BCUT2D eigenvalue weighted by atomic mass is 32.2. The first-order valence-corrected chi connectivity index (χ1v) is 12.5. The van der Waals surface area contributed by atoms with Crippen LogP contribution >= 0.6 is 11.8 Å². The number of aliphatic carboxylic acids is 1. The molecule has 2 fully saturated rings. The van der Waals surface area contributed by atoms with Gasteiger partial charge in [-0.25, -0.2) is 9.59 Å². The van der Waals surface area contributed by atoms with Crippen molar-refractivity contribution in [3.8, 4) is 11.1 Å². The van der Waals surface area contributed by atoms with Crippen molar-refractivity contribution in [3.63, 3.8) is 0 Å². The molecule has 2 heterocycles. The maximum atomic E-state index is 13.1. The molecule has 9 heteroatoms. The molecule has 178 valence electrons. The van der Waals surface area contributed by atoms with Crippen LogP contribution in [-0.2, 0) is 19.1 Å². The van der Waals surface area contributed by atoms with E-state index in [0.717, 1.165) is 22.3 Å². The molecule has 0 bridgehead atoms. The number of carbonyl (C=O) groups excluding carboxylic acids is 2. The normalized spacial score (nSPS) is 23.8. The predicted molar refractivity (Wildman–Crippen MR) is 127 cm³/mol. The van der Waals surface area contributed by atoms with Crippen LogP contribution in [0, 0.1) is 0 Å². The first-order valence-electron chi connectivity index (χ1n) is 11.4. The number of carboxylic acids is 1. The quantitative estimate of drug-likeness (QED) is 0.675. The van der Waals surface area contributed by atoms with Gasteiger partial charge in [-0.2, -0.15) is 11.8 Å². The van der Waals surface area contributed by atoms with Crippen LogP contribution in [0.5, 0.6) is 0 Å². The third-order valence-corrected chi connectivity index (χ3v) is 7.70. The molecule has 2 aromatic carbocycles. The van der Waals surface area contributed by atoms with Gasteiger partial charge in [0.2, 0.25) is 0 Å². The predicted octanol–water partition coefficient (Wildman–Crippen LogP) is 2.71. The fourth-order valence-electron chi connectivity index (χ4n) is 5.01. The molecule has 0 spiro atoms. The van der Waals surface area contributed by atoms with Crippen LogP contribution in [0.1, 0.15) is 23.5 Å². The van der Waals surface area contributed by atoms with E-state index in [1.54, 1.807) is 0 Å². The molecule has 3 aliphatic rings. The number of benzene rings is 2. The number of hydrogen-bond acceptors (Lipinski definition) is 6. The molecule has 1 aliphatic carbocycles. The highest BCUT2D eigenvalue weighted by Crippen LogP contribution is 2.44. The number of rotatable bonds is 5. The second-order valence-electron chi connectivity index (χ2n) is 8.62. The van der Waals surface area contributed by atoms with Crippen LogP contribution in [0.2, 0.25) is 0 Å². The van der Waals surface area contributed by atoms with E-state index in [-0.39, 0.29) is 12.5 Å². The van der Waals surface area contributed by atoms with Crippen molar-refractivity contribution in [2.24, 2.45) is 0 Å². The summed E-state index contributed by atoms with van der Waals surface area (Å²) in [6.07, 6.45) is -1.06. The van der Waals surface area contributed by atoms with Crippen LogP contribution in [0.3, 0.4) is 0 Å². The van der Waals surface area contributed by atoms with E-state index in [9.17, 15) is 19.5 Å². The van der Waals surface area contributed by atoms with E-state index < -0.39 is 36.2 Å². The van der Waals surface area contributed by atoms with Gasteiger partial charge in [-0.05, 0) is 28.7 Å². The van der Waals surface area contributed by atoms with Crippen molar-refractivity contribution in [2.45, 2.75) is 30.5 Å². The lowest BCUT2D eigenvalue weighted by molar-refractivity contribution is -0.154. The second kappa shape index (κ2) is 9.68. The van der Waals surface area contributed by atoms with Gasteiger partial charge in [0.15, 0.2) is 6.10 Å². The summed E-state index contributed by atoms with van der Waals surface area (Å²) in [4.78, 5) is 38.7. The summed E-state index contributed by atoms with van der Waals surface area (Å²) < 4.78 is 11.2. The Balaban J connectivity index is 1.23. The number of thioether (sulfide) groups is 1. The first-order chi connectivity index (χ1) is 16.5. The van der Waals surface area contributed by atoms with E-state index in [0.29, 0.717) is 31.1 Å². The lowest BCUT2D eigenvalue weighted by atomic mass is 9.98. The summed E-state index contributed by atoms with van der Waals surface area (Å²) >= 11 is 1.51. The smallest absolute Gasteiger partial charge is 0.407 e. The average Bonchev–Trinajstić information content (AvgIpc) is 3.44. The molecule has 2 amide bonds. The Hall–Kier alpha value is -3.04. The lowest BCUT2D eigenvalue weighted by Gasteiger charge is -2.35. The van der Waals surface area contributed by atoms with Gasteiger partial charge in [-0.3, -0.25) is 4.79 Å². The summed E-state index contributed by atoms with van der Waals surface area (Å²) in [5, 5.41) is 12.3. The molecular weight excluding hydrogens is 456 g/mol. The molecule has 2 aromatic rings. The molecule has 34 heavy (non-hydrogen) atoms. The molecule has 3 atom stereocenters. The van der Waals surface area contributed by atoms with E-state index in [2.05, 4.69) is 29.6 Å². The SMILES string of the molecule is O=C(NC1CCOC1C(=O)N1CCSCC1C(=O)O)OCC1c2ccccc2-c2ccccc21. The summed E-state index contributed by atoms with van der Waals surface area (Å²) in [7, 11) is 0. The standard InChI is InChI=1S/C25H26N2O6S/c28-23(27-10-12-34-14-21(27)24(29)30)22-20(9-11-32-22)26-25(31)33-13-19-17-7-3-1-5-15(17)16-6-2-4-8-18(16)19/h1-8,19-22H,9-14H2,(H,26,31)(H,29,30). The van der Waals surface area contributed by atoms with Crippen molar-refractivity contribution in [2.75, 3.05) is 31.3 Å². The highest BCUT2D eigenvalue weighted by Gasteiger charge is 2.42. The third kappa shape index (κ3) is 4.25. The highest BCUT2D eigenvalue weighted by molar-refractivity contribution is 7.99. The number of hydrogen-bond donors (Lipinski definition) is 2. The lowest BCUT2D eigenvalue weighted by Crippen LogP contribution is -2.57. The molecule has 2 saturated heterocycles. The maximum absolute atomic E-state index is 13.1. The van der Waals surface area contributed by atoms with Gasteiger partial charge >= 0.3 is 12.1 Å². The zero-order valence-electron chi connectivity index (χ0n) is 18.5. The van der Waals surface area contributed by atoms with Crippen LogP contribution in [0.15, 0.2) is 48.5 Å². The van der Waals surface area contributed by atoms with E-state index in [1.807, 2.05) is 24.3 Å². The van der Waals surface area contributed by atoms with E-state index >= 15 is 0 Å². The van der Waals surface area contributed by atoms with Gasteiger partial charge in [0.1, 0.15) is 12.6 Å². The molecule has 2 N–H and O–H groups in total. The van der Waals surface area contributed by atoms with Crippen molar-refractivity contribution in [1.29, 1.82) is 0 Å². The van der Waals surface area contributed by atoms with Gasteiger partial charge in [0, 0.05) is 30.6 Å². The van der Waals surface area contributed by atoms with E-state index in [1.165, 1.54) is 16.7 Å². The summed E-state index contributed by atoms with van der Waals surface area (Å²) in [5.74, 6) is -0.461. The third-order valence-electron chi connectivity index (χ3n) is 6.68. The monoisotopic (exact) mass is 482 g/mol.